The van der Waals surface area contributed by atoms with Crippen molar-refractivity contribution in [3.8, 4) is 0 Å². The molecule has 0 amide bonds. The minimum Gasteiger partial charge on any atom is -0.476 e. The molecule has 98 valence electrons. The summed E-state index contributed by atoms with van der Waals surface area (Å²) in [6.07, 6.45) is 0.221. The number of sulfonamides is 1. The Hall–Kier alpha value is -1.52. The average molecular weight is 292 g/mol. The van der Waals surface area contributed by atoms with Crippen molar-refractivity contribution in [2.75, 3.05) is 6.61 Å². The lowest BCUT2D eigenvalue weighted by Gasteiger charge is -2.08. The summed E-state index contributed by atoms with van der Waals surface area (Å²) in [7, 11) is -4.08. The third-order valence-electron chi connectivity index (χ3n) is 2.21. The van der Waals surface area contributed by atoms with Gasteiger partial charge in [0.15, 0.2) is 9.90 Å². The van der Waals surface area contributed by atoms with Gasteiger partial charge in [0.25, 0.3) is 10.0 Å². The van der Waals surface area contributed by atoms with Crippen LogP contribution in [0, 0.1) is 0 Å². The molecule has 2 N–H and O–H groups in total. The van der Waals surface area contributed by atoms with Crippen LogP contribution in [0.2, 0.25) is 0 Å². The number of carboxylic acid groups (broad SMARTS) is 1. The van der Waals surface area contributed by atoms with Crippen LogP contribution < -0.4 is 4.72 Å². The van der Waals surface area contributed by atoms with Gasteiger partial charge in [0.05, 0.1) is 12.1 Å². The molecule has 10 heteroatoms. The Balaban J connectivity index is 2.28. The maximum Gasteiger partial charge on any atom is 0.356 e. The van der Waals surface area contributed by atoms with Gasteiger partial charge < -0.3 is 9.84 Å². The summed E-state index contributed by atoms with van der Waals surface area (Å²) >= 11 is 0.675. The number of hydrogen-bond acceptors (Lipinski definition) is 7. The summed E-state index contributed by atoms with van der Waals surface area (Å²) in [5.41, 5.74) is 0.559. The fourth-order valence-electron chi connectivity index (χ4n) is 1.41. The molecule has 1 aromatic heterocycles. The van der Waals surface area contributed by atoms with E-state index in [2.05, 4.69) is 14.4 Å². The van der Waals surface area contributed by atoms with E-state index in [1.807, 2.05) is 0 Å². The third kappa shape index (κ3) is 2.35. The summed E-state index contributed by atoms with van der Waals surface area (Å²) < 4.78 is 30.1. The van der Waals surface area contributed by atoms with Gasteiger partial charge in [-0.15, -0.1) is 11.3 Å². The van der Waals surface area contributed by atoms with E-state index in [0.717, 1.165) is 5.51 Å². The molecule has 18 heavy (non-hydrogen) atoms. The molecule has 1 aliphatic heterocycles. The van der Waals surface area contributed by atoms with Crippen LogP contribution in [-0.4, -0.2) is 43.1 Å². The number of aromatic nitrogens is 1. The fourth-order valence-corrected chi connectivity index (χ4v) is 3.79. The Morgan fingerprint density at radius 3 is 2.89 bits per heavy atom. The van der Waals surface area contributed by atoms with E-state index in [9.17, 15) is 18.0 Å². The standard InChI is InChI=1S/C8H8N2O6S2/c11-6(12)5-8(17-3-9-5)18(14,15)10-4-1-2-16-7(4)13/h3-4,10H,1-2H2,(H,11,12). The molecule has 0 bridgehead atoms. The van der Waals surface area contributed by atoms with Crippen LogP contribution >= 0.6 is 11.3 Å². The lowest BCUT2D eigenvalue weighted by molar-refractivity contribution is -0.139. The number of nitrogens with one attached hydrogen (secondary N) is 1. The second-order valence-corrected chi connectivity index (χ2v) is 6.19. The molecule has 0 aromatic carbocycles. The van der Waals surface area contributed by atoms with Crippen molar-refractivity contribution in [1.82, 2.24) is 9.71 Å². The monoisotopic (exact) mass is 292 g/mol. The molecule has 1 saturated heterocycles. The molecular weight excluding hydrogens is 284 g/mol. The minimum absolute atomic E-state index is 0.139. The maximum absolute atomic E-state index is 11.9. The largest absolute Gasteiger partial charge is 0.476 e. The van der Waals surface area contributed by atoms with Gasteiger partial charge in [0.1, 0.15) is 6.04 Å². The first-order valence-electron chi connectivity index (χ1n) is 4.77. The van der Waals surface area contributed by atoms with E-state index in [0.29, 0.717) is 11.3 Å². The molecule has 0 saturated carbocycles. The van der Waals surface area contributed by atoms with Crippen LogP contribution in [0.1, 0.15) is 16.9 Å². The highest BCUT2D eigenvalue weighted by atomic mass is 32.2. The zero-order valence-electron chi connectivity index (χ0n) is 8.82. The number of carbonyl (C=O) groups excluding carboxylic acids is 1. The number of esters is 1. The number of nitrogens with zero attached hydrogens (tertiary/aromatic N) is 1. The van der Waals surface area contributed by atoms with Crippen molar-refractivity contribution >= 4 is 33.3 Å². The van der Waals surface area contributed by atoms with Crippen molar-refractivity contribution in [3.05, 3.63) is 11.2 Å². The number of carboxylic acids is 1. The number of aromatic carboxylic acids is 1. The number of cyclic esters (lactones) is 1. The van der Waals surface area contributed by atoms with E-state index in [1.165, 1.54) is 0 Å². The number of thiazole rings is 1. The average Bonchev–Trinajstić information content (AvgIpc) is 2.88. The Morgan fingerprint density at radius 2 is 2.33 bits per heavy atom. The van der Waals surface area contributed by atoms with Gasteiger partial charge in [-0.2, -0.15) is 4.72 Å². The van der Waals surface area contributed by atoms with Gasteiger partial charge in [0, 0.05) is 6.42 Å². The SMILES string of the molecule is O=C(O)c1ncsc1S(=O)(=O)NC1CCOC1=O. The molecule has 0 aliphatic carbocycles. The molecular formula is C8H8N2O6S2. The Labute approximate surface area is 106 Å². The number of hydrogen-bond donors (Lipinski definition) is 2. The number of ether oxygens (including phenoxy) is 1. The molecule has 0 radical (unpaired) electrons. The Morgan fingerprint density at radius 1 is 1.61 bits per heavy atom. The van der Waals surface area contributed by atoms with E-state index < -0.39 is 37.9 Å². The van der Waals surface area contributed by atoms with Crippen molar-refractivity contribution in [2.45, 2.75) is 16.7 Å². The second kappa shape index (κ2) is 4.63. The predicted molar refractivity (Wildman–Crippen MR) is 58.8 cm³/mol. The molecule has 1 fully saturated rings. The topological polar surface area (TPSA) is 123 Å². The molecule has 1 aromatic rings. The molecule has 2 heterocycles. The summed E-state index contributed by atoms with van der Waals surface area (Å²) in [5.74, 6) is -2.11. The zero-order valence-corrected chi connectivity index (χ0v) is 10.5. The van der Waals surface area contributed by atoms with Crippen molar-refractivity contribution in [1.29, 1.82) is 0 Å². The van der Waals surface area contributed by atoms with Gasteiger partial charge >= 0.3 is 11.9 Å². The summed E-state index contributed by atoms with van der Waals surface area (Å²) in [6, 6.07) is -0.973. The third-order valence-corrected chi connectivity index (χ3v) is 5.06. The van der Waals surface area contributed by atoms with E-state index >= 15 is 0 Å². The van der Waals surface area contributed by atoms with E-state index in [-0.39, 0.29) is 13.0 Å². The highest BCUT2D eigenvalue weighted by molar-refractivity contribution is 7.91. The lowest BCUT2D eigenvalue weighted by Crippen LogP contribution is -2.38. The molecule has 8 nitrogen and oxygen atoms in total. The highest BCUT2D eigenvalue weighted by Crippen LogP contribution is 2.21. The van der Waals surface area contributed by atoms with E-state index in [4.69, 9.17) is 5.11 Å². The van der Waals surface area contributed by atoms with Crippen LogP contribution in [0.3, 0.4) is 0 Å². The predicted octanol–water partition coefficient (Wildman–Crippen LogP) is -0.565. The van der Waals surface area contributed by atoms with Crippen LogP contribution in [0.4, 0.5) is 0 Å². The number of carbonyl (C=O) groups is 2. The summed E-state index contributed by atoms with van der Waals surface area (Å²) in [6.45, 7) is 0.139. The first-order valence-corrected chi connectivity index (χ1v) is 7.14. The smallest absolute Gasteiger partial charge is 0.356 e. The normalized spacial score (nSPS) is 19.8. The first-order chi connectivity index (χ1) is 8.42. The van der Waals surface area contributed by atoms with Gasteiger partial charge in [-0.1, -0.05) is 0 Å². The van der Waals surface area contributed by atoms with Crippen LogP contribution in [-0.2, 0) is 19.6 Å². The Kier molecular flexibility index (Phi) is 3.32. The lowest BCUT2D eigenvalue weighted by atomic mass is 10.3. The van der Waals surface area contributed by atoms with Gasteiger partial charge in [-0.05, 0) is 0 Å². The molecule has 1 unspecified atom stereocenters. The first kappa shape index (κ1) is 12.9. The van der Waals surface area contributed by atoms with Crippen molar-refractivity contribution in [2.24, 2.45) is 0 Å². The molecule has 1 aliphatic rings. The van der Waals surface area contributed by atoms with E-state index in [1.54, 1.807) is 0 Å². The maximum atomic E-state index is 11.9. The zero-order chi connectivity index (χ0) is 13.3. The van der Waals surface area contributed by atoms with Crippen molar-refractivity contribution < 1.29 is 27.9 Å². The second-order valence-electron chi connectivity index (χ2n) is 3.42. The molecule has 0 spiro atoms. The minimum atomic E-state index is -4.08. The number of rotatable bonds is 4. The van der Waals surface area contributed by atoms with Gasteiger partial charge in [0.2, 0.25) is 0 Å². The van der Waals surface area contributed by atoms with Crippen molar-refractivity contribution in [3.63, 3.8) is 0 Å². The highest BCUT2D eigenvalue weighted by Gasteiger charge is 2.34. The van der Waals surface area contributed by atoms with Crippen LogP contribution in [0.25, 0.3) is 0 Å². The van der Waals surface area contributed by atoms with Gasteiger partial charge in [-0.25, -0.2) is 18.2 Å². The quantitative estimate of drug-likeness (QED) is 0.713. The summed E-state index contributed by atoms with van der Waals surface area (Å²) in [4.78, 5) is 25.4. The molecule has 2 rings (SSSR count). The van der Waals surface area contributed by atoms with Crippen LogP contribution in [0.5, 0.6) is 0 Å². The fraction of sp³-hybridized carbons (Fsp3) is 0.375. The Bertz CT molecular complexity index is 592. The van der Waals surface area contributed by atoms with Crippen LogP contribution in [0.15, 0.2) is 9.72 Å². The summed E-state index contributed by atoms with van der Waals surface area (Å²) in [5, 5.41) is 8.79. The van der Waals surface area contributed by atoms with Gasteiger partial charge in [-0.3, -0.25) is 4.79 Å². The molecule has 1 atom stereocenters.